The molecule has 21 heavy (non-hydrogen) atoms. The minimum absolute atomic E-state index is 0.110. The number of rotatable bonds is 4. The molecule has 0 aliphatic carbocycles. The van der Waals surface area contributed by atoms with Crippen molar-refractivity contribution in [2.24, 2.45) is 0 Å². The third kappa shape index (κ3) is 3.63. The van der Waals surface area contributed by atoms with E-state index in [1.807, 2.05) is 0 Å². The van der Waals surface area contributed by atoms with Crippen molar-refractivity contribution in [1.82, 2.24) is 0 Å². The summed E-state index contributed by atoms with van der Waals surface area (Å²) in [6.45, 7) is -0.110. The van der Waals surface area contributed by atoms with Crippen molar-refractivity contribution in [3.05, 3.63) is 68.5 Å². The van der Waals surface area contributed by atoms with Gasteiger partial charge in [0.25, 0.3) is 5.69 Å². The molecule has 0 saturated carbocycles. The number of hydrogen-bond donors (Lipinski definition) is 1. The number of nitro groups is 1. The zero-order valence-electron chi connectivity index (χ0n) is 10.4. The zero-order chi connectivity index (χ0) is 15.6. The fourth-order valence-corrected chi connectivity index (χ4v) is 2.00. The number of hydrogen-bond acceptors (Lipinski definition) is 3. The first-order valence-electron chi connectivity index (χ1n) is 5.69. The number of benzene rings is 2. The van der Waals surface area contributed by atoms with Crippen LogP contribution >= 0.6 is 11.6 Å². The molecule has 1 N–H and O–H groups in total. The van der Waals surface area contributed by atoms with Gasteiger partial charge in [-0.25, -0.2) is 13.2 Å². The minimum Gasteiger partial charge on any atom is -0.377 e. The molecule has 2 aromatic rings. The SMILES string of the molecule is O=[N+]([O-])c1cc(F)cc(CNc2c(F)cc(F)cc2Cl)c1. The average Bonchev–Trinajstić information content (AvgIpc) is 2.36. The number of halogens is 4. The van der Waals surface area contributed by atoms with E-state index in [0.29, 0.717) is 6.07 Å². The lowest BCUT2D eigenvalue weighted by molar-refractivity contribution is -0.385. The Kier molecular flexibility index (Phi) is 4.32. The number of nitrogens with one attached hydrogen (secondary N) is 1. The number of nitrogens with zero attached hydrogens (tertiary/aromatic N) is 1. The van der Waals surface area contributed by atoms with Gasteiger partial charge in [0.2, 0.25) is 0 Å². The maximum Gasteiger partial charge on any atom is 0.272 e. The summed E-state index contributed by atoms with van der Waals surface area (Å²) in [6, 6.07) is 4.54. The van der Waals surface area contributed by atoms with Crippen molar-refractivity contribution in [3.8, 4) is 0 Å². The maximum absolute atomic E-state index is 13.5. The van der Waals surface area contributed by atoms with Crippen LogP contribution in [0.4, 0.5) is 24.5 Å². The van der Waals surface area contributed by atoms with Gasteiger partial charge in [-0.15, -0.1) is 0 Å². The lowest BCUT2D eigenvalue weighted by Gasteiger charge is -2.10. The molecule has 0 saturated heterocycles. The van der Waals surface area contributed by atoms with E-state index in [0.717, 1.165) is 24.3 Å². The summed E-state index contributed by atoms with van der Waals surface area (Å²) in [6.07, 6.45) is 0. The summed E-state index contributed by atoms with van der Waals surface area (Å²) in [5.41, 5.74) is -0.357. The number of non-ortho nitro benzene ring substituents is 1. The van der Waals surface area contributed by atoms with Crippen LogP contribution < -0.4 is 5.32 Å². The van der Waals surface area contributed by atoms with Gasteiger partial charge in [-0.3, -0.25) is 10.1 Å². The summed E-state index contributed by atoms with van der Waals surface area (Å²) >= 11 is 5.69. The number of anilines is 1. The molecule has 0 aliphatic rings. The van der Waals surface area contributed by atoms with Crippen molar-refractivity contribution in [2.75, 3.05) is 5.32 Å². The van der Waals surface area contributed by atoms with Crippen LogP contribution in [0.5, 0.6) is 0 Å². The highest BCUT2D eigenvalue weighted by Gasteiger charge is 2.12. The quantitative estimate of drug-likeness (QED) is 0.676. The lowest BCUT2D eigenvalue weighted by atomic mass is 10.2. The molecular weight excluding hydrogens is 309 g/mol. The average molecular weight is 317 g/mol. The minimum atomic E-state index is -0.911. The van der Waals surface area contributed by atoms with Crippen LogP contribution in [0.15, 0.2) is 30.3 Å². The van der Waals surface area contributed by atoms with Crippen molar-refractivity contribution >= 4 is 23.0 Å². The van der Waals surface area contributed by atoms with Crippen LogP contribution in [0.25, 0.3) is 0 Å². The predicted octanol–water partition coefficient (Wildman–Crippen LogP) is 4.28. The van der Waals surface area contributed by atoms with E-state index < -0.39 is 28.1 Å². The van der Waals surface area contributed by atoms with Gasteiger partial charge in [0.15, 0.2) is 5.82 Å². The second-order valence-corrected chi connectivity index (χ2v) is 4.58. The largest absolute Gasteiger partial charge is 0.377 e. The van der Waals surface area contributed by atoms with Gasteiger partial charge in [-0.2, -0.15) is 0 Å². The van der Waals surface area contributed by atoms with Crippen LogP contribution in [0.3, 0.4) is 0 Å². The molecule has 0 spiro atoms. The highest BCUT2D eigenvalue weighted by atomic mass is 35.5. The van der Waals surface area contributed by atoms with Gasteiger partial charge >= 0.3 is 0 Å². The predicted molar refractivity (Wildman–Crippen MR) is 71.7 cm³/mol. The molecule has 0 amide bonds. The summed E-state index contributed by atoms with van der Waals surface area (Å²) in [4.78, 5) is 9.88. The van der Waals surface area contributed by atoms with Gasteiger partial charge in [-0.1, -0.05) is 11.6 Å². The second kappa shape index (κ2) is 6.01. The smallest absolute Gasteiger partial charge is 0.272 e. The molecule has 0 atom stereocenters. The summed E-state index contributed by atoms with van der Waals surface area (Å²) in [5.74, 6) is -2.53. The third-order valence-corrected chi connectivity index (χ3v) is 2.93. The maximum atomic E-state index is 13.5. The van der Waals surface area contributed by atoms with Crippen LogP contribution in [0.2, 0.25) is 5.02 Å². The van der Waals surface area contributed by atoms with Crippen molar-refractivity contribution < 1.29 is 18.1 Å². The van der Waals surface area contributed by atoms with Crippen LogP contribution in [0, 0.1) is 27.6 Å². The molecule has 0 fully saturated rings. The van der Waals surface area contributed by atoms with Crippen molar-refractivity contribution in [1.29, 1.82) is 0 Å². The normalized spacial score (nSPS) is 10.5. The number of nitro benzene ring substituents is 1. The Labute approximate surface area is 122 Å². The zero-order valence-corrected chi connectivity index (χ0v) is 11.1. The molecule has 0 radical (unpaired) electrons. The molecule has 0 aliphatic heterocycles. The first-order valence-corrected chi connectivity index (χ1v) is 6.07. The summed E-state index contributed by atoms with van der Waals surface area (Å²) in [7, 11) is 0. The Morgan fingerprint density at radius 2 is 1.76 bits per heavy atom. The molecule has 0 aromatic heterocycles. The van der Waals surface area contributed by atoms with E-state index in [2.05, 4.69) is 5.32 Å². The molecular formula is C13H8ClF3N2O2. The van der Waals surface area contributed by atoms with Crippen molar-refractivity contribution in [2.45, 2.75) is 6.54 Å². The van der Waals surface area contributed by atoms with Crippen LogP contribution in [-0.2, 0) is 6.54 Å². The first kappa shape index (κ1) is 15.1. The van der Waals surface area contributed by atoms with E-state index in [1.165, 1.54) is 0 Å². The monoisotopic (exact) mass is 316 g/mol. The highest BCUT2D eigenvalue weighted by Crippen LogP contribution is 2.27. The van der Waals surface area contributed by atoms with Gasteiger partial charge in [0, 0.05) is 18.7 Å². The summed E-state index contributed by atoms with van der Waals surface area (Å²) < 4.78 is 39.7. The van der Waals surface area contributed by atoms with E-state index in [1.54, 1.807) is 0 Å². The lowest BCUT2D eigenvalue weighted by Crippen LogP contribution is -2.04. The fraction of sp³-hybridized carbons (Fsp3) is 0.0769. The summed E-state index contributed by atoms with van der Waals surface area (Å²) in [5, 5.41) is 13.0. The van der Waals surface area contributed by atoms with Crippen LogP contribution in [-0.4, -0.2) is 4.92 Å². The van der Waals surface area contributed by atoms with E-state index in [9.17, 15) is 23.3 Å². The standard InChI is InChI=1S/C13H8ClF3N2O2/c14-11-4-9(16)5-12(17)13(11)18-6-7-1-8(15)3-10(2-7)19(20)21/h1-5,18H,6H2. The Hall–Kier alpha value is -2.28. The molecule has 2 rings (SSSR count). The van der Waals surface area contributed by atoms with E-state index in [-0.39, 0.29) is 22.8 Å². The van der Waals surface area contributed by atoms with Gasteiger partial charge in [0.1, 0.15) is 11.6 Å². The van der Waals surface area contributed by atoms with Crippen LogP contribution in [0.1, 0.15) is 5.56 Å². The Bertz CT molecular complexity index is 687. The van der Waals surface area contributed by atoms with Gasteiger partial charge in [0.05, 0.1) is 21.7 Å². The van der Waals surface area contributed by atoms with Gasteiger partial charge < -0.3 is 5.32 Å². The molecule has 0 bridgehead atoms. The first-order chi connectivity index (χ1) is 9.86. The molecule has 8 heteroatoms. The topological polar surface area (TPSA) is 55.2 Å². The molecule has 4 nitrogen and oxygen atoms in total. The third-order valence-electron chi connectivity index (χ3n) is 2.63. The van der Waals surface area contributed by atoms with E-state index in [4.69, 9.17) is 11.6 Å². The van der Waals surface area contributed by atoms with E-state index >= 15 is 0 Å². The second-order valence-electron chi connectivity index (χ2n) is 4.17. The Morgan fingerprint density at radius 3 is 2.38 bits per heavy atom. The van der Waals surface area contributed by atoms with Gasteiger partial charge in [-0.05, 0) is 17.7 Å². The molecule has 110 valence electrons. The Morgan fingerprint density at radius 1 is 1.10 bits per heavy atom. The fourth-order valence-electron chi connectivity index (χ4n) is 1.74. The molecule has 0 heterocycles. The molecule has 2 aromatic carbocycles. The molecule has 0 unspecified atom stereocenters. The van der Waals surface area contributed by atoms with Crippen molar-refractivity contribution in [3.63, 3.8) is 0 Å². The Balaban J connectivity index is 2.23. The highest BCUT2D eigenvalue weighted by molar-refractivity contribution is 6.33.